The van der Waals surface area contributed by atoms with Gasteiger partial charge in [0.15, 0.2) is 0 Å². The number of rotatable bonds is 8. The Morgan fingerprint density at radius 2 is 1.60 bits per heavy atom. The van der Waals surface area contributed by atoms with Crippen LogP contribution in [0.4, 0.5) is 0 Å². The number of nitrogens with one attached hydrogen (secondary N) is 2. The molecule has 0 aromatic carbocycles. The van der Waals surface area contributed by atoms with E-state index in [2.05, 4.69) is 39.5 Å². The van der Waals surface area contributed by atoms with Crippen molar-refractivity contribution in [3.63, 3.8) is 0 Å². The average molecular weight is 367 g/mol. The van der Waals surface area contributed by atoms with Gasteiger partial charge in [-0.1, -0.05) is 6.92 Å². The predicted octanol–water partition coefficient (Wildman–Crippen LogP) is 1.07. The van der Waals surface area contributed by atoms with Crippen molar-refractivity contribution < 1.29 is 9.59 Å². The quantitative estimate of drug-likeness (QED) is 0.722. The molecule has 140 valence electrons. The second kappa shape index (κ2) is 9.89. The van der Waals surface area contributed by atoms with Gasteiger partial charge in [0.1, 0.15) is 0 Å². The van der Waals surface area contributed by atoms with Gasteiger partial charge >= 0.3 is 0 Å². The molecule has 7 heteroatoms. The molecule has 0 saturated carbocycles. The summed E-state index contributed by atoms with van der Waals surface area (Å²) >= 11 is 1.76. The summed E-state index contributed by atoms with van der Waals surface area (Å²) in [4.78, 5) is 30.8. The lowest BCUT2D eigenvalue weighted by Gasteiger charge is -2.33. The first-order valence-corrected chi connectivity index (χ1v) is 9.86. The van der Waals surface area contributed by atoms with E-state index in [9.17, 15) is 9.59 Å². The van der Waals surface area contributed by atoms with Crippen LogP contribution in [0.3, 0.4) is 0 Å². The summed E-state index contributed by atoms with van der Waals surface area (Å²) in [5, 5.41) is 5.92. The monoisotopic (exact) mass is 366 g/mol. The van der Waals surface area contributed by atoms with E-state index >= 15 is 0 Å². The molecule has 25 heavy (non-hydrogen) atoms. The van der Waals surface area contributed by atoms with Gasteiger partial charge in [0.05, 0.1) is 19.6 Å². The summed E-state index contributed by atoms with van der Waals surface area (Å²) in [6, 6.07) is 4.39. The van der Waals surface area contributed by atoms with Crippen LogP contribution in [0.2, 0.25) is 0 Å². The van der Waals surface area contributed by atoms with E-state index in [1.165, 1.54) is 9.75 Å². The van der Waals surface area contributed by atoms with E-state index in [-0.39, 0.29) is 17.9 Å². The Labute approximate surface area is 154 Å². The fourth-order valence-electron chi connectivity index (χ4n) is 2.83. The Balaban J connectivity index is 1.63. The van der Waals surface area contributed by atoms with Crippen molar-refractivity contribution in [2.45, 2.75) is 39.8 Å². The molecule has 1 fully saturated rings. The molecule has 1 aliphatic rings. The zero-order valence-corrected chi connectivity index (χ0v) is 16.3. The van der Waals surface area contributed by atoms with Crippen molar-refractivity contribution in [2.75, 3.05) is 39.3 Å². The number of amides is 2. The fraction of sp³-hybridized carbons (Fsp3) is 0.667. The molecule has 0 aliphatic carbocycles. The highest BCUT2D eigenvalue weighted by Crippen LogP contribution is 2.16. The Morgan fingerprint density at radius 3 is 2.12 bits per heavy atom. The van der Waals surface area contributed by atoms with Gasteiger partial charge in [-0.2, -0.15) is 0 Å². The largest absolute Gasteiger partial charge is 0.353 e. The zero-order chi connectivity index (χ0) is 18.2. The minimum Gasteiger partial charge on any atom is -0.353 e. The Hall–Kier alpha value is -1.44. The number of carbonyl (C=O) groups excluding carboxylic acids is 2. The van der Waals surface area contributed by atoms with Crippen molar-refractivity contribution >= 4 is 23.2 Å². The molecule has 1 aliphatic heterocycles. The van der Waals surface area contributed by atoms with Gasteiger partial charge < -0.3 is 10.6 Å². The molecule has 2 heterocycles. The maximum absolute atomic E-state index is 12.1. The molecule has 2 rings (SSSR count). The Kier molecular flexibility index (Phi) is 7.87. The smallest absolute Gasteiger partial charge is 0.234 e. The highest BCUT2D eigenvalue weighted by molar-refractivity contribution is 7.11. The molecular formula is C18H30N4O2S. The normalized spacial score (nSPS) is 16.2. The summed E-state index contributed by atoms with van der Waals surface area (Å²) in [6.07, 6.45) is 1.04. The van der Waals surface area contributed by atoms with Crippen LogP contribution in [0.15, 0.2) is 12.1 Å². The van der Waals surface area contributed by atoms with Crippen LogP contribution in [-0.2, 0) is 22.6 Å². The minimum absolute atomic E-state index is 0.0671. The molecule has 0 spiro atoms. The first-order valence-electron chi connectivity index (χ1n) is 9.04. The zero-order valence-electron chi connectivity index (χ0n) is 15.5. The van der Waals surface area contributed by atoms with E-state index in [1.807, 2.05) is 13.8 Å². The SMILES string of the molecule is CCc1ccc(CNC(=O)CN2CCN(CC(=O)NC(C)C)CC2)s1. The number of carbonyl (C=O) groups is 2. The van der Waals surface area contributed by atoms with E-state index in [1.54, 1.807) is 11.3 Å². The van der Waals surface area contributed by atoms with Crippen LogP contribution >= 0.6 is 11.3 Å². The molecule has 0 unspecified atom stereocenters. The van der Waals surface area contributed by atoms with Crippen LogP contribution in [-0.4, -0.2) is 66.9 Å². The van der Waals surface area contributed by atoms with Crippen molar-refractivity contribution in [1.82, 2.24) is 20.4 Å². The van der Waals surface area contributed by atoms with Crippen molar-refractivity contribution in [1.29, 1.82) is 0 Å². The highest BCUT2D eigenvalue weighted by atomic mass is 32.1. The molecule has 1 saturated heterocycles. The van der Waals surface area contributed by atoms with Crippen LogP contribution in [0, 0.1) is 0 Å². The minimum atomic E-state index is 0.0671. The van der Waals surface area contributed by atoms with Gasteiger partial charge in [-0.3, -0.25) is 19.4 Å². The van der Waals surface area contributed by atoms with Gasteiger partial charge in [-0.15, -0.1) is 11.3 Å². The van der Waals surface area contributed by atoms with E-state index in [4.69, 9.17) is 0 Å². The number of piperazine rings is 1. The molecule has 0 atom stereocenters. The number of hydrogen-bond acceptors (Lipinski definition) is 5. The van der Waals surface area contributed by atoms with Gasteiger partial charge in [0.2, 0.25) is 11.8 Å². The van der Waals surface area contributed by atoms with Gasteiger partial charge in [0, 0.05) is 42.0 Å². The lowest BCUT2D eigenvalue weighted by atomic mass is 10.3. The topological polar surface area (TPSA) is 64.7 Å². The highest BCUT2D eigenvalue weighted by Gasteiger charge is 2.20. The van der Waals surface area contributed by atoms with E-state index < -0.39 is 0 Å². The number of nitrogens with zero attached hydrogens (tertiary/aromatic N) is 2. The molecule has 6 nitrogen and oxygen atoms in total. The standard InChI is InChI=1S/C18H30N4O2S/c1-4-15-5-6-16(25-15)11-19-17(23)12-21-7-9-22(10-8-21)13-18(24)20-14(2)3/h5-6,14H,4,7-13H2,1-3H3,(H,19,23)(H,20,24). The van der Waals surface area contributed by atoms with E-state index in [0.29, 0.717) is 19.6 Å². The summed E-state index contributed by atoms with van der Waals surface area (Å²) in [7, 11) is 0. The summed E-state index contributed by atoms with van der Waals surface area (Å²) < 4.78 is 0. The third-order valence-corrected chi connectivity index (χ3v) is 5.40. The molecule has 0 radical (unpaired) electrons. The van der Waals surface area contributed by atoms with Crippen molar-refractivity contribution in [3.8, 4) is 0 Å². The number of thiophene rings is 1. The summed E-state index contributed by atoms with van der Waals surface area (Å²) in [5.41, 5.74) is 0. The summed E-state index contributed by atoms with van der Waals surface area (Å²) in [5.74, 6) is 0.140. The lowest BCUT2D eigenvalue weighted by molar-refractivity contribution is -0.125. The second-order valence-electron chi connectivity index (χ2n) is 6.77. The van der Waals surface area contributed by atoms with Crippen LogP contribution in [0.25, 0.3) is 0 Å². The van der Waals surface area contributed by atoms with Crippen molar-refractivity contribution in [3.05, 3.63) is 21.9 Å². The maximum Gasteiger partial charge on any atom is 0.234 e. The Bertz CT molecular complexity index is 565. The molecule has 1 aromatic heterocycles. The average Bonchev–Trinajstić information content (AvgIpc) is 3.02. The molecule has 2 N–H and O–H groups in total. The van der Waals surface area contributed by atoms with Gasteiger partial charge in [-0.05, 0) is 32.4 Å². The molecule has 2 amide bonds. The van der Waals surface area contributed by atoms with Crippen LogP contribution in [0.1, 0.15) is 30.5 Å². The van der Waals surface area contributed by atoms with Gasteiger partial charge in [0.25, 0.3) is 0 Å². The number of aryl methyl sites for hydroxylation is 1. The van der Waals surface area contributed by atoms with Gasteiger partial charge in [-0.25, -0.2) is 0 Å². The second-order valence-corrected chi connectivity index (χ2v) is 8.03. The molecular weight excluding hydrogens is 336 g/mol. The lowest BCUT2D eigenvalue weighted by Crippen LogP contribution is -2.51. The third-order valence-electron chi connectivity index (χ3n) is 4.17. The first-order chi connectivity index (χ1) is 12.0. The number of hydrogen-bond donors (Lipinski definition) is 2. The van der Waals surface area contributed by atoms with Crippen LogP contribution in [0.5, 0.6) is 0 Å². The van der Waals surface area contributed by atoms with Crippen LogP contribution < -0.4 is 10.6 Å². The Morgan fingerprint density at radius 1 is 1.04 bits per heavy atom. The predicted molar refractivity (Wildman–Crippen MR) is 102 cm³/mol. The molecule has 0 bridgehead atoms. The van der Waals surface area contributed by atoms with E-state index in [0.717, 1.165) is 32.6 Å². The molecule has 1 aromatic rings. The third kappa shape index (κ3) is 7.13. The maximum atomic E-state index is 12.1. The van der Waals surface area contributed by atoms with Crippen molar-refractivity contribution in [2.24, 2.45) is 0 Å². The first kappa shape index (κ1) is 19.9. The fourth-order valence-corrected chi connectivity index (χ4v) is 3.73. The summed E-state index contributed by atoms with van der Waals surface area (Å²) in [6.45, 7) is 10.8.